The number of fused-ring (bicyclic) bond motifs is 1. The van der Waals surface area contributed by atoms with E-state index in [1.54, 1.807) is 30.3 Å². The van der Waals surface area contributed by atoms with Crippen molar-refractivity contribution in [3.8, 4) is 5.75 Å². The smallest absolute Gasteiger partial charge is 0.345 e. The van der Waals surface area contributed by atoms with Crippen molar-refractivity contribution in [3.63, 3.8) is 0 Å². The van der Waals surface area contributed by atoms with Crippen LogP contribution in [0.25, 0.3) is 10.8 Å². The fourth-order valence-electron chi connectivity index (χ4n) is 1.80. The second kappa shape index (κ2) is 5.75. The summed E-state index contributed by atoms with van der Waals surface area (Å²) in [6.07, 6.45) is 1.31. The predicted octanol–water partition coefficient (Wildman–Crippen LogP) is 4.60. The van der Waals surface area contributed by atoms with Crippen LogP contribution in [0, 0.1) is 0 Å². The maximum atomic E-state index is 12.1. The first-order chi connectivity index (χ1) is 10.0. The SMILES string of the molecule is O=C(Oc1ccc2c(=O)occc2c1)c1cc(Br)sc1Br. The zero-order valence-corrected chi connectivity index (χ0v) is 14.2. The molecule has 0 fully saturated rings. The molecule has 0 saturated heterocycles. The topological polar surface area (TPSA) is 56.5 Å². The largest absolute Gasteiger partial charge is 0.431 e. The van der Waals surface area contributed by atoms with Crippen molar-refractivity contribution in [3.05, 3.63) is 60.2 Å². The second-order valence-electron chi connectivity index (χ2n) is 4.08. The summed E-state index contributed by atoms with van der Waals surface area (Å²) >= 11 is 8.02. The van der Waals surface area contributed by atoms with Crippen LogP contribution in [-0.2, 0) is 0 Å². The van der Waals surface area contributed by atoms with E-state index in [2.05, 4.69) is 31.9 Å². The molecule has 0 aliphatic carbocycles. The lowest BCUT2D eigenvalue weighted by molar-refractivity contribution is 0.0734. The highest BCUT2D eigenvalue weighted by atomic mass is 79.9. The number of benzene rings is 1. The van der Waals surface area contributed by atoms with Crippen LogP contribution in [0.2, 0.25) is 0 Å². The minimum absolute atomic E-state index is 0.368. The first kappa shape index (κ1) is 14.5. The highest BCUT2D eigenvalue weighted by Gasteiger charge is 2.16. The van der Waals surface area contributed by atoms with Crippen LogP contribution in [-0.4, -0.2) is 5.97 Å². The first-order valence-corrected chi connectivity index (χ1v) is 8.13. The van der Waals surface area contributed by atoms with Crippen LogP contribution >= 0.6 is 43.2 Å². The maximum Gasteiger partial charge on any atom is 0.345 e. The molecule has 0 unspecified atom stereocenters. The van der Waals surface area contributed by atoms with E-state index in [4.69, 9.17) is 9.15 Å². The lowest BCUT2D eigenvalue weighted by atomic mass is 10.2. The molecule has 0 N–H and O–H groups in total. The fraction of sp³-hybridized carbons (Fsp3) is 0. The van der Waals surface area contributed by atoms with Gasteiger partial charge >= 0.3 is 11.6 Å². The second-order valence-corrected chi connectivity index (χ2v) is 7.83. The van der Waals surface area contributed by atoms with Gasteiger partial charge in [-0.3, -0.25) is 0 Å². The van der Waals surface area contributed by atoms with E-state index in [9.17, 15) is 9.59 Å². The molecular formula is C14H6Br2O4S. The lowest BCUT2D eigenvalue weighted by Crippen LogP contribution is -2.08. The number of halogens is 2. The maximum absolute atomic E-state index is 12.1. The molecular weight excluding hydrogens is 424 g/mol. The average molecular weight is 430 g/mol. The predicted molar refractivity (Wildman–Crippen MR) is 87.2 cm³/mol. The molecule has 2 aromatic heterocycles. The van der Waals surface area contributed by atoms with Gasteiger partial charge in [-0.1, -0.05) is 0 Å². The molecule has 0 aliphatic rings. The molecule has 4 nitrogen and oxygen atoms in total. The molecule has 0 bridgehead atoms. The van der Waals surface area contributed by atoms with Gasteiger partial charge in [0.1, 0.15) is 5.75 Å². The third-order valence-electron chi connectivity index (χ3n) is 2.75. The molecule has 0 amide bonds. The number of hydrogen-bond acceptors (Lipinski definition) is 5. The molecule has 106 valence electrons. The standard InChI is InChI=1S/C14H6Br2O4S/c15-11-6-10(12(16)21-11)14(18)20-8-1-2-9-7(5-8)3-4-19-13(9)17/h1-6H. The van der Waals surface area contributed by atoms with Crippen molar-refractivity contribution in [1.29, 1.82) is 0 Å². The Labute approximate surface area is 139 Å². The summed E-state index contributed by atoms with van der Waals surface area (Å²) in [5, 5.41) is 1.10. The Kier molecular flexibility index (Phi) is 3.97. The van der Waals surface area contributed by atoms with E-state index in [0.29, 0.717) is 25.9 Å². The van der Waals surface area contributed by atoms with E-state index >= 15 is 0 Å². The van der Waals surface area contributed by atoms with Gasteiger partial charge in [-0.15, -0.1) is 11.3 Å². The van der Waals surface area contributed by atoms with E-state index in [1.807, 2.05) is 0 Å². The Hall–Kier alpha value is -1.44. The van der Waals surface area contributed by atoms with Gasteiger partial charge in [0.2, 0.25) is 0 Å². The van der Waals surface area contributed by atoms with Crippen LogP contribution < -0.4 is 10.4 Å². The van der Waals surface area contributed by atoms with Gasteiger partial charge in [0.25, 0.3) is 0 Å². The molecule has 2 heterocycles. The van der Waals surface area contributed by atoms with Gasteiger partial charge in [0.15, 0.2) is 0 Å². The molecule has 21 heavy (non-hydrogen) atoms. The fourth-order valence-corrected chi connectivity index (χ4v) is 4.57. The number of carbonyl (C=O) groups is 1. The monoisotopic (exact) mass is 428 g/mol. The Balaban J connectivity index is 1.93. The third-order valence-corrected chi connectivity index (χ3v) is 5.09. The molecule has 3 rings (SSSR count). The Morgan fingerprint density at radius 1 is 1.19 bits per heavy atom. The molecule has 0 radical (unpaired) electrons. The zero-order chi connectivity index (χ0) is 15.0. The van der Waals surface area contributed by atoms with Crippen LogP contribution in [0.3, 0.4) is 0 Å². The molecule has 0 saturated carbocycles. The van der Waals surface area contributed by atoms with E-state index in [-0.39, 0.29) is 0 Å². The van der Waals surface area contributed by atoms with Crippen molar-refractivity contribution in [2.45, 2.75) is 0 Å². The normalized spacial score (nSPS) is 10.8. The number of rotatable bonds is 2. The summed E-state index contributed by atoms with van der Waals surface area (Å²) in [5.74, 6) is -0.0986. The minimum Gasteiger partial charge on any atom is -0.431 e. The molecule has 0 atom stereocenters. The summed E-state index contributed by atoms with van der Waals surface area (Å²) in [6.45, 7) is 0. The Morgan fingerprint density at radius 3 is 2.71 bits per heavy atom. The van der Waals surface area contributed by atoms with Gasteiger partial charge in [-0.2, -0.15) is 0 Å². The number of esters is 1. The van der Waals surface area contributed by atoms with Crippen molar-refractivity contribution in [1.82, 2.24) is 0 Å². The third kappa shape index (κ3) is 2.95. The van der Waals surface area contributed by atoms with Crippen molar-refractivity contribution >= 4 is 59.9 Å². The summed E-state index contributed by atoms with van der Waals surface area (Å²) in [7, 11) is 0. The number of hydrogen-bond donors (Lipinski definition) is 0. The van der Waals surface area contributed by atoms with Crippen molar-refractivity contribution in [2.75, 3.05) is 0 Å². The van der Waals surface area contributed by atoms with Gasteiger partial charge in [-0.25, -0.2) is 9.59 Å². The van der Waals surface area contributed by atoms with Gasteiger partial charge in [0, 0.05) is 0 Å². The summed E-state index contributed by atoms with van der Waals surface area (Å²) in [5.41, 5.74) is 0.0226. The molecule has 7 heteroatoms. The van der Waals surface area contributed by atoms with Crippen LogP contribution in [0.1, 0.15) is 10.4 Å². The zero-order valence-electron chi connectivity index (χ0n) is 10.3. The van der Waals surface area contributed by atoms with E-state index < -0.39 is 11.6 Å². The Morgan fingerprint density at radius 2 is 2.00 bits per heavy atom. The summed E-state index contributed by atoms with van der Waals surface area (Å²) < 4.78 is 11.6. The van der Waals surface area contributed by atoms with Crippen LogP contribution in [0.4, 0.5) is 0 Å². The van der Waals surface area contributed by atoms with Gasteiger partial charge < -0.3 is 9.15 Å². The minimum atomic E-state index is -0.467. The van der Waals surface area contributed by atoms with Crippen molar-refractivity contribution in [2.24, 2.45) is 0 Å². The molecule has 3 aromatic rings. The number of carbonyl (C=O) groups excluding carboxylic acids is 1. The Bertz CT molecular complexity index is 897. The first-order valence-electron chi connectivity index (χ1n) is 5.73. The quantitative estimate of drug-likeness (QED) is 0.441. The van der Waals surface area contributed by atoms with Crippen LogP contribution in [0.15, 0.2) is 53.4 Å². The summed E-state index contributed by atoms with van der Waals surface area (Å²) in [4.78, 5) is 23.6. The van der Waals surface area contributed by atoms with Gasteiger partial charge in [0.05, 0.1) is 24.8 Å². The van der Waals surface area contributed by atoms with Crippen LogP contribution in [0.5, 0.6) is 5.75 Å². The summed E-state index contributed by atoms with van der Waals surface area (Å²) in [6, 6.07) is 8.09. The average Bonchev–Trinajstić information content (AvgIpc) is 2.78. The number of thiophene rings is 1. The van der Waals surface area contributed by atoms with Crippen molar-refractivity contribution < 1.29 is 13.9 Å². The molecule has 0 spiro atoms. The number of ether oxygens (including phenoxy) is 1. The van der Waals surface area contributed by atoms with Gasteiger partial charge in [-0.05, 0) is 67.6 Å². The molecule has 0 aliphatic heterocycles. The van der Waals surface area contributed by atoms with E-state index in [1.165, 1.54) is 17.6 Å². The highest BCUT2D eigenvalue weighted by molar-refractivity contribution is 9.12. The highest BCUT2D eigenvalue weighted by Crippen LogP contribution is 2.32. The lowest BCUT2D eigenvalue weighted by Gasteiger charge is -2.04. The molecule has 1 aromatic carbocycles. The van der Waals surface area contributed by atoms with E-state index in [0.717, 1.165) is 3.79 Å².